The third-order valence-electron chi connectivity index (χ3n) is 7.88. The SMILES string of the molecule is CCc1cccc(CNC[C@@H](O)[C@H](Cc2cc(F)cc(F)c2)NC(=O)c2cc(C)cc(CN3CCC[C@@H]3COC)c2)c1. The van der Waals surface area contributed by atoms with E-state index in [0.717, 1.165) is 48.6 Å². The van der Waals surface area contributed by atoms with E-state index in [4.69, 9.17) is 4.74 Å². The van der Waals surface area contributed by atoms with E-state index in [1.54, 1.807) is 7.11 Å². The lowest BCUT2D eigenvalue weighted by Gasteiger charge is -2.26. The summed E-state index contributed by atoms with van der Waals surface area (Å²) >= 11 is 0. The Morgan fingerprint density at radius 2 is 1.81 bits per heavy atom. The maximum Gasteiger partial charge on any atom is 0.251 e. The van der Waals surface area contributed by atoms with Crippen LogP contribution < -0.4 is 10.6 Å². The average molecular weight is 580 g/mol. The van der Waals surface area contributed by atoms with Gasteiger partial charge in [0.15, 0.2) is 0 Å². The van der Waals surface area contributed by atoms with E-state index in [1.165, 1.54) is 17.7 Å². The molecule has 226 valence electrons. The van der Waals surface area contributed by atoms with Crippen molar-refractivity contribution in [3.8, 4) is 0 Å². The first-order valence-corrected chi connectivity index (χ1v) is 14.8. The summed E-state index contributed by atoms with van der Waals surface area (Å²) in [5.41, 5.74) is 5.15. The van der Waals surface area contributed by atoms with Crippen molar-refractivity contribution < 1.29 is 23.4 Å². The summed E-state index contributed by atoms with van der Waals surface area (Å²) in [6.45, 7) is 7.16. The van der Waals surface area contributed by atoms with E-state index in [2.05, 4.69) is 40.7 Å². The van der Waals surface area contributed by atoms with Gasteiger partial charge in [0.1, 0.15) is 11.6 Å². The molecule has 8 heteroatoms. The van der Waals surface area contributed by atoms with Crippen LogP contribution in [0.3, 0.4) is 0 Å². The molecule has 0 aliphatic carbocycles. The minimum atomic E-state index is -1.00. The van der Waals surface area contributed by atoms with Crippen molar-refractivity contribution in [2.24, 2.45) is 0 Å². The van der Waals surface area contributed by atoms with Gasteiger partial charge >= 0.3 is 0 Å². The molecule has 1 fully saturated rings. The Morgan fingerprint density at radius 1 is 1.05 bits per heavy atom. The molecule has 0 bridgehead atoms. The quantitative estimate of drug-likeness (QED) is 0.252. The van der Waals surface area contributed by atoms with Crippen LogP contribution in [0.15, 0.2) is 60.7 Å². The van der Waals surface area contributed by atoms with Gasteiger partial charge in [-0.15, -0.1) is 0 Å². The number of ether oxygens (including phenoxy) is 1. The van der Waals surface area contributed by atoms with Crippen LogP contribution in [0.1, 0.15) is 57.9 Å². The molecule has 3 aromatic carbocycles. The number of hydrogen-bond acceptors (Lipinski definition) is 5. The number of aliphatic hydroxyl groups is 1. The number of amides is 1. The lowest BCUT2D eigenvalue weighted by molar-refractivity contribution is 0.0829. The third kappa shape index (κ3) is 9.16. The van der Waals surface area contributed by atoms with Crippen molar-refractivity contribution in [3.05, 3.63) is 106 Å². The van der Waals surface area contributed by atoms with Crippen LogP contribution in [0.2, 0.25) is 0 Å². The number of methoxy groups -OCH3 is 1. The number of halogens is 2. The minimum Gasteiger partial charge on any atom is -0.390 e. The first-order chi connectivity index (χ1) is 20.2. The molecule has 3 N–H and O–H groups in total. The molecule has 0 unspecified atom stereocenters. The molecule has 4 rings (SSSR count). The molecule has 3 atom stereocenters. The molecule has 1 saturated heterocycles. The van der Waals surface area contributed by atoms with Crippen LogP contribution >= 0.6 is 0 Å². The number of aryl methyl sites for hydroxylation is 2. The molecule has 1 heterocycles. The number of likely N-dealkylation sites (tertiary alicyclic amines) is 1. The molecule has 42 heavy (non-hydrogen) atoms. The van der Waals surface area contributed by atoms with Gasteiger partial charge in [-0.25, -0.2) is 8.78 Å². The highest BCUT2D eigenvalue weighted by Gasteiger charge is 2.26. The maximum absolute atomic E-state index is 14.0. The summed E-state index contributed by atoms with van der Waals surface area (Å²) in [6, 6.07) is 16.8. The smallest absolute Gasteiger partial charge is 0.251 e. The zero-order chi connectivity index (χ0) is 30.1. The van der Waals surface area contributed by atoms with Crippen LogP contribution in [0.25, 0.3) is 0 Å². The molecular weight excluding hydrogens is 536 g/mol. The van der Waals surface area contributed by atoms with Gasteiger partial charge < -0.3 is 20.5 Å². The molecule has 0 spiro atoms. The second-order valence-corrected chi connectivity index (χ2v) is 11.4. The number of hydrogen-bond donors (Lipinski definition) is 3. The third-order valence-corrected chi connectivity index (χ3v) is 7.88. The average Bonchev–Trinajstić information content (AvgIpc) is 3.38. The monoisotopic (exact) mass is 579 g/mol. The first-order valence-electron chi connectivity index (χ1n) is 14.8. The van der Waals surface area contributed by atoms with E-state index in [1.807, 2.05) is 31.2 Å². The fraction of sp³-hybridized carbons (Fsp3) is 0.441. The predicted octanol–water partition coefficient (Wildman–Crippen LogP) is 4.94. The van der Waals surface area contributed by atoms with Gasteiger partial charge in [-0.05, 0) is 85.7 Å². The Bertz CT molecular complexity index is 1310. The molecule has 1 amide bonds. The van der Waals surface area contributed by atoms with Crippen molar-refractivity contribution >= 4 is 5.91 Å². The molecular formula is C34H43F2N3O3. The first kappa shape index (κ1) is 31.8. The van der Waals surface area contributed by atoms with Gasteiger partial charge in [0.2, 0.25) is 0 Å². The standard InChI is InChI=1S/C34H43F2N3O3/c1-4-24-7-5-8-25(13-24)19-37-20-33(40)32(17-26-15-29(35)18-30(36)16-26)38-34(41)28-12-23(2)11-27(14-28)21-39-10-6-9-31(39)22-42-3/h5,7-8,11-16,18,31-33,37,40H,4,6,9-10,17,19-22H2,1-3H3,(H,38,41)/t31-,32+,33-/m1/s1. The van der Waals surface area contributed by atoms with Crippen LogP contribution in [0.5, 0.6) is 0 Å². The Morgan fingerprint density at radius 3 is 2.55 bits per heavy atom. The summed E-state index contributed by atoms with van der Waals surface area (Å²) in [5.74, 6) is -1.74. The largest absolute Gasteiger partial charge is 0.390 e. The van der Waals surface area contributed by atoms with Crippen molar-refractivity contribution in [3.63, 3.8) is 0 Å². The van der Waals surface area contributed by atoms with Gasteiger partial charge in [-0.3, -0.25) is 9.69 Å². The minimum absolute atomic E-state index is 0.0692. The van der Waals surface area contributed by atoms with Crippen molar-refractivity contribution in [2.45, 2.75) is 70.8 Å². The van der Waals surface area contributed by atoms with E-state index in [0.29, 0.717) is 36.9 Å². The summed E-state index contributed by atoms with van der Waals surface area (Å²) in [6.07, 6.45) is 2.20. The molecule has 6 nitrogen and oxygen atoms in total. The van der Waals surface area contributed by atoms with Crippen molar-refractivity contribution in [1.29, 1.82) is 0 Å². The lowest BCUT2D eigenvalue weighted by Crippen LogP contribution is -2.48. The van der Waals surface area contributed by atoms with Crippen LogP contribution in [-0.4, -0.2) is 60.9 Å². The Kier molecular flexibility index (Phi) is 11.6. The number of nitrogens with zero attached hydrogens (tertiary/aromatic N) is 1. The highest BCUT2D eigenvalue weighted by molar-refractivity contribution is 5.94. The molecule has 3 aromatic rings. The number of carbonyl (C=O) groups excluding carboxylic acids is 1. The van der Waals surface area contributed by atoms with Gasteiger partial charge in [-0.2, -0.15) is 0 Å². The van der Waals surface area contributed by atoms with Gasteiger partial charge in [0.05, 0.1) is 18.8 Å². The normalized spacial score (nSPS) is 16.9. The molecule has 1 aliphatic heterocycles. The van der Waals surface area contributed by atoms with E-state index in [9.17, 15) is 18.7 Å². The summed E-state index contributed by atoms with van der Waals surface area (Å²) < 4.78 is 33.3. The van der Waals surface area contributed by atoms with E-state index < -0.39 is 23.8 Å². The molecule has 0 aromatic heterocycles. The fourth-order valence-corrected chi connectivity index (χ4v) is 5.79. The molecule has 0 radical (unpaired) electrons. The highest BCUT2D eigenvalue weighted by atomic mass is 19.1. The number of rotatable bonds is 14. The zero-order valence-corrected chi connectivity index (χ0v) is 24.8. The predicted molar refractivity (Wildman–Crippen MR) is 161 cm³/mol. The number of aliphatic hydroxyl groups excluding tert-OH is 1. The molecule has 1 aliphatic rings. The Hall–Kier alpha value is -3.17. The van der Waals surface area contributed by atoms with Crippen LogP contribution in [-0.2, 0) is 30.7 Å². The number of carbonyl (C=O) groups is 1. The van der Waals surface area contributed by atoms with Gasteiger partial charge in [-0.1, -0.05) is 42.8 Å². The number of nitrogens with one attached hydrogen (secondary N) is 2. The van der Waals surface area contributed by atoms with E-state index >= 15 is 0 Å². The zero-order valence-electron chi connectivity index (χ0n) is 24.8. The van der Waals surface area contributed by atoms with Gasteiger partial charge in [0.25, 0.3) is 5.91 Å². The topological polar surface area (TPSA) is 73.8 Å². The molecule has 0 saturated carbocycles. The van der Waals surface area contributed by atoms with Crippen molar-refractivity contribution in [2.75, 3.05) is 26.8 Å². The van der Waals surface area contributed by atoms with Crippen LogP contribution in [0, 0.1) is 18.6 Å². The lowest BCUT2D eigenvalue weighted by atomic mass is 9.99. The fourth-order valence-electron chi connectivity index (χ4n) is 5.79. The highest BCUT2D eigenvalue weighted by Crippen LogP contribution is 2.22. The van der Waals surface area contributed by atoms with Crippen LogP contribution in [0.4, 0.5) is 8.78 Å². The Labute approximate surface area is 248 Å². The second kappa shape index (κ2) is 15.3. The van der Waals surface area contributed by atoms with E-state index in [-0.39, 0.29) is 18.9 Å². The summed E-state index contributed by atoms with van der Waals surface area (Å²) in [4.78, 5) is 15.9. The van der Waals surface area contributed by atoms with Crippen molar-refractivity contribution in [1.82, 2.24) is 15.5 Å². The Balaban J connectivity index is 1.47. The maximum atomic E-state index is 14.0. The second-order valence-electron chi connectivity index (χ2n) is 11.4. The summed E-state index contributed by atoms with van der Waals surface area (Å²) in [7, 11) is 1.72. The van der Waals surface area contributed by atoms with Gasteiger partial charge in [0, 0.05) is 44.4 Å². The summed E-state index contributed by atoms with van der Waals surface area (Å²) in [5, 5.41) is 17.4. The number of benzene rings is 3.